The Balaban J connectivity index is 1.75. The first-order chi connectivity index (χ1) is 17.4. The summed E-state index contributed by atoms with van der Waals surface area (Å²) in [6.07, 6.45) is 17.0. The molecule has 3 rings (SSSR count). The van der Waals surface area contributed by atoms with Crippen LogP contribution in [0.3, 0.4) is 0 Å². The third-order valence-electron chi connectivity index (χ3n) is 5.24. The Morgan fingerprint density at radius 1 is 1.22 bits per heavy atom. The molecule has 182 valence electrons. The molecule has 5 nitrogen and oxygen atoms in total. The van der Waals surface area contributed by atoms with Crippen LogP contribution in [-0.2, 0) is 6.54 Å². The topological polar surface area (TPSA) is 74.5 Å². The second-order valence-electron chi connectivity index (χ2n) is 8.33. The SMILES string of the molecule is C=C(C)/C=C(\C=C/C)c1ncc(CNc2nnc(-c3ccc(C)c(/C=C\C=C\CC)c3)s2)cc1C#N. The fourth-order valence-electron chi connectivity index (χ4n) is 3.48. The summed E-state index contributed by atoms with van der Waals surface area (Å²) >= 11 is 1.50. The molecule has 3 aromatic rings. The fraction of sp³-hybridized carbons (Fsp3) is 0.200. The van der Waals surface area contributed by atoms with E-state index in [4.69, 9.17) is 0 Å². The number of nitrogens with one attached hydrogen (secondary N) is 1. The first kappa shape index (κ1) is 26.5. The van der Waals surface area contributed by atoms with Crippen LogP contribution in [0.15, 0.2) is 79.1 Å². The lowest BCUT2D eigenvalue weighted by atomic mass is 10.0. The van der Waals surface area contributed by atoms with Gasteiger partial charge >= 0.3 is 0 Å². The van der Waals surface area contributed by atoms with Crippen LogP contribution in [0, 0.1) is 18.3 Å². The molecule has 6 heteroatoms. The van der Waals surface area contributed by atoms with Gasteiger partial charge in [0.15, 0.2) is 0 Å². The van der Waals surface area contributed by atoms with Crippen molar-refractivity contribution in [3.05, 3.63) is 107 Å². The summed E-state index contributed by atoms with van der Waals surface area (Å²) in [5.74, 6) is 0. The lowest BCUT2D eigenvalue weighted by Crippen LogP contribution is -2.02. The van der Waals surface area contributed by atoms with Crippen molar-refractivity contribution in [1.29, 1.82) is 5.26 Å². The predicted octanol–water partition coefficient (Wildman–Crippen LogP) is 7.91. The van der Waals surface area contributed by atoms with Crippen LogP contribution in [0.5, 0.6) is 0 Å². The molecule has 0 aliphatic carbocycles. The zero-order chi connectivity index (χ0) is 25.9. The van der Waals surface area contributed by atoms with Crippen molar-refractivity contribution < 1.29 is 0 Å². The zero-order valence-electron chi connectivity index (χ0n) is 21.2. The highest BCUT2D eigenvalue weighted by molar-refractivity contribution is 7.18. The van der Waals surface area contributed by atoms with Gasteiger partial charge in [0, 0.05) is 23.9 Å². The fourth-order valence-corrected chi connectivity index (χ4v) is 4.21. The summed E-state index contributed by atoms with van der Waals surface area (Å²) in [6.45, 7) is 12.5. The molecular formula is C30H31N5S. The second-order valence-corrected chi connectivity index (χ2v) is 9.31. The van der Waals surface area contributed by atoms with Gasteiger partial charge in [-0.2, -0.15) is 5.26 Å². The molecule has 2 aromatic heterocycles. The average Bonchev–Trinajstić information content (AvgIpc) is 3.35. The Hall–Kier alpha value is -4.08. The largest absolute Gasteiger partial charge is 0.356 e. The van der Waals surface area contributed by atoms with Gasteiger partial charge < -0.3 is 5.32 Å². The minimum Gasteiger partial charge on any atom is -0.356 e. The van der Waals surface area contributed by atoms with Crippen LogP contribution < -0.4 is 5.32 Å². The van der Waals surface area contributed by atoms with E-state index in [0.29, 0.717) is 22.9 Å². The first-order valence-electron chi connectivity index (χ1n) is 11.9. The van der Waals surface area contributed by atoms with E-state index in [0.717, 1.165) is 39.3 Å². The highest BCUT2D eigenvalue weighted by Crippen LogP contribution is 2.29. The van der Waals surface area contributed by atoms with Gasteiger partial charge in [-0.1, -0.05) is 85.1 Å². The third kappa shape index (κ3) is 7.21. The lowest BCUT2D eigenvalue weighted by Gasteiger charge is -2.08. The van der Waals surface area contributed by atoms with Crippen molar-refractivity contribution in [2.45, 2.75) is 40.7 Å². The van der Waals surface area contributed by atoms with Gasteiger partial charge in [-0.25, -0.2) is 0 Å². The van der Waals surface area contributed by atoms with Gasteiger partial charge in [0.25, 0.3) is 0 Å². The van der Waals surface area contributed by atoms with Crippen molar-refractivity contribution in [2.75, 3.05) is 5.32 Å². The molecule has 0 bridgehead atoms. The normalized spacial score (nSPS) is 12.0. The van der Waals surface area contributed by atoms with Crippen LogP contribution >= 0.6 is 11.3 Å². The number of benzene rings is 1. The predicted molar refractivity (Wildman–Crippen MR) is 152 cm³/mol. The van der Waals surface area contributed by atoms with Crippen LogP contribution in [0.1, 0.15) is 55.1 Å². The summed E-state index contributed by atoms with van der Waals surface area (Å²) in [6, 6.07) is 10.4. The molecule has 0 saturated heterocycles. The van der Waals surface area contributed by atoms with E-state index in [1.165, 1.54) is 16.9 Å². The molecule has 0 unspecified atom stereocenters. The van der Waals surface area contributed by atoms with Gasteiger partial charge in [0.2, 0.25) is 5.13 Å². The lowest BCUT2D eigenvalue weighted by molar-refractivity contribution is 1.04. The third-order valence-corrected chi connectivity index (χ3v) is 6.17. The number of aromatic nitrogens is 3. The van der Waals surface area contributed by atoms with Gasteiger partial charge in [0.05, 0.1) is 11.3 Å². The Kier molecular flexibility index (Phi) is 9.67. The molecule has 0 radical (unpaired) electrons. The number of anilines is 1. The molecule has 2 heterocycles. The van der Waals surface area contributed by atoms with Crippen molar-refractivity contribution in [3.8, 4) is 16.6 Å². The summed E-state index contributed by atoms with van der Waals surface area (Å²) in [5.41, 5.74) is 7.23. The molecule has 36 heavy (non-hydrogen) atoms. The van der Waals surface area contributed by atoms with Crippen LogP contribution in [-0.4, -0.2) is 15.2 Å². The number of nitriles is 1. The molecule has 1 N–H and O–H groups in total. The van der Waals surface area contributed by atoms with E-state index in [1.54, 1.807) is 6.20 Å². The maximum Gasteiger partial charge on any atom is 0.206 e. The van der Waals surface area contributed by atoms with E-state index in [1.807, 2.05) is 38.1 Å². The Labute approximate surface area is 218 Å². The number of allylic oxidation sites excluding steroid dienone is 8. The van der Waals surface area contributed by atoms with Crippen molar-refractivity contribution in [3.63, 3.8) is 0 Å². The van der Waals surface area contributed by atoms with Gasteiger partial charge in [0.1, 0.15) is 11.1 Å². The number of nitrogens with zero attached hydrogens (tertiary/aromatic N) is 4. The maximum atomic E-state index is 9.72. The monoisotopic (exact) mass is 493 g/mol. The maximum absolute atomic E-state index is 9.72. The molecule has 0 aliphatic rings. The Bertz CT molecular complexity index is 1380. The smallest absolute Gasteiger partial charge is 0.206 e. The van der Waals surface area contributed by atoms with Gasteiger partial charge in [-0.05, 0) is 56.0 Å². The van der Waals surface area contributed by atoms with E-state index in [-0.39, 0.29) is 0 Å². The molecule has 0 fully saturated rings. The molecule has 1 aromatic carbocycles. The van der Waals surface area contributed by atoms with Crippen LogP contribution in [0.4, 0.5) is 5.13 Å². The average molecular weight is 494 g/mol. The molecule has 0 amide bonds. The quantitative estimate of drug-likeness (QED) is 0.290. The van der Waals surface area contributed by atoms with Crippen LogP contribution in [0.25, 0.3) is 22.2 Å². The minimum absolute atomic E-state index is 0.491. The summed E-state index contributed by atoms with van der Waals surface area (Å²) < 4.78 is 0. The number of aryl methyl sites for hydroxylation is 1. The van der Waals surface area contributed by atoms with E-state index in [9.17, 15) is 5.26 Å². The number of rotatable bonds is 10. The Morgan fingerprint density at radius 3 is 2.78 bits per heavy atom. The number of hydrogen-bond acceptors (Lipinski definition) is 6. The molecule has 0 saturated carbocycles. The first-order valence-corrected chi connectivity index (χ1v) is 12.7. The van der Waals surface area contributed by atoms with E-state index < -0.39 is 0 Å². The summed E-state index contributed by atoms with van der Waals surface area (Å²) in [5, 5.41) is 23.3. The van der Waals surface area contributed by atoms with Crippen LogP contribution in [0.2, 0.25) is 0 Å². The van der Waals surface area contributed by atoms with Gasteiger partial charge in [-0.3, -0.25) is 4.98 Å². The highest BCUT2D eigenvalue weighted by Gasteiger charge is 2.11. The zero-order valence-corrected chi connectivity index (χ0v) is 22.1. The Morgan fingerprint density at radius 2 is 2.06 bits per heavy atom. The summed E-state index contributed by atoms with van der Waals surface area (Å²) in [7, 11) is 0. The highest BCUT2D eigenvalue weighted by atomic mass is 32.1. The molecule has 0 atom stereocenters. The number of pyridine rings is 1. The molecular weight excluding hydrogens is 462 g/mol. The van der Waals surface area contributed by atoms with E-state index >= 15 is 0 Å². The minimum atomic E-state index is 0.491. The van der Waals surface area contributed by atoms with E-state index in [2.05, 4.69) is 89.5 Å². The number of hydrogen-bond donors (Lipinski definition) is 1. The standard InChI is InChI=1S/C30H31N5S/c1-6-8-9-10-12-24-17-26(14-13-22(24)5)29-34-35-30(36-29)33-20-23-16-27(18-31)28(32-19-23)25(11-7-2)15-21(3)4/h7-17,19H,3,6,20H2,1-2,4-5H3,(H,33,35)/b9-8+,11-7-,12-10-,25-15+. The van der Waals surface area contributed by atoms with Crippen molar-refractivity contribution in [1.82, 2.24) is 15.2 Å². The van der Waals surface area contributed by atoms with Gasteiger partial charge in [-0.15, -0.1) is 10.2 Å². The van der Waals surface area contributed by atoms with Crippen molar-refractivity contribution in [2.24, 2.45) is 0 Å². The summed E-state index contributed by atoms with van der Waals surface area (Å²) in [4.78, 5) is 4.57. The van der Waals surface area contributed by atoms with Crippen molar-refractivity contribution >= 4 is 28.1 Å². The molecule has 0 aliphatic heterocycles. The second kappa shape index (κ2) is 13.1. The molecule has 0 spiro atoms.